The first-order valence-electron chi connectivity index (χ1n) is 12.0. The average Bonchev–Trinajstić information content (AvgIpc) is 2.79. The van der Waals surface area contributed by atoms with Crippen LogP contribution >= 0.6 is 11.8 Å². The second-order valence-corrected chi connectivity index (χ2v) is 10.6. The Morgan fingerprint density at radius 2 is 1.50 bits per heavy atom. The Hall–Kier alpha value is -2.79. The summed E-state index contributed by atoms with van der Waals surface area (Å²) in [7, 11) is 0. The van der Waals surface area contributed by atoms with Crippen molar-refractivity contribution in [3.05, 3.63) is 29.8 Å². The van der Waals surface area contributed by atoms with Gasteiger partial charge in [-0.3, -0.25) is 14.4 Å². The van der Waals surface area contributed by atoms with Gasteiger partial charge >= 0.3 is 5.97 Å². The topological polar surface area (TPSA) is 171 Å². The van der Waals surface area contributed by atoms with E-state index >= 15 is 0 Å². The van der Waals surface area contributed by atoms with E-state index in [0.717, 1.165) is 5.56 Å². The molecule has 0 spiro atoms. The summed E-state index contributed by atoms with van der Waals surface area (Å²) in [5, 5.41) is 26.8. The number of carboxylic acids is 1. The maximum atomic E-state index is 13.1. The molecule has 0 aliphatic heterocycles. The minimum Gasteiger partial charge on any atom is -0.508 e. The standard InChI is InChI=1S/C25H40N4O6S/c1-14(2)12-20(23(32)27-19(25(34)35)10-11-36-5)28-24(33)21(15(3)4)29-22(31)18(26)13-16-6-8-17(30)9-7-16/h6-9,14-15,18-21,30H,10-13,26H2,1-5H3,(H,27,32)(H,28,33)(H,29,31)(H,34,35). The zero-order valence-electron chi connectivity index (χ0n) is 21.6. The lowest BCUT2D eigenvalue weighted by Crippen LogP contribution is -2.58. The van der Waals surface area contributed by atoms with Gasteiger partial charge in [0.05, 0.1) is 6.04 Å². The zero-order chi connectivity index (χ0) is 27.4. The van der Waals surface area contributed by atoms with Crippen LogP contribution in [0.5, 0.6) is 5.75 Å². The summed E-state index contributed by atoms with van der Waals surface area (Å²) in [6.45, 7) is 7.30. The fourth-order valence-electron chi connectivity index (χ4n) is 3.50. The number of thioether (sulfide) groups is 1. The van der Waals surface area contributed by atoms with Crippen molar-refractivity contribution < 1.29 is 29.4 Å². The molecule has 36 heavy (non-hydrogen) atoms. The lowest BCUT2D eigenvalue weighted by molar-refractivity contribution is -0.142. The number of phenols is 1. The third-order valence-electron chi connectivity index (χ3n) is 5.54. The fourth-order valence-corrected chi connectivity index (χ4v) is 3.98. The highest BCUT2D eigenvalue weighted by molar-refractivity contribution is 7.98. The van der Waals surface area contributed by atoms with Crippen molar-refractivity contribution in [2.75, 3.05) is 12.0 Å². The molecule has 0 heterocycles. The number of benzene rings is 1. The van der Waals surface area contributed by atoms with Gasteiger partial charge in [0.15, 0.2) is 0 Å². The van der Waals surface area contributed by atoms with Gasteiger partial charge < -0.3 is 31.9 Å². The van der Waals surface area contributed by atoms with Crippen LogP contribution in [0.2, 0.25) is 0 Å². The van der Waals surface area contributed by atoms with Crippen LogP contribution in [-0.2, 0) is 25.6 Å². The molecule has 4 atom stereocenters. The first-order chi connectivity index (χ1) is 16.8. The summed E-state index contributed by atoms with van der Waals surface area (Å²) in [5.41, 5.74) is 6.80. The van der Waals surface area contributed by atoms with Crippen LogP contribution in [0.3, 0.4) is 0 Å². The number of carboxylic acid groups (broad SMARTS) is 1. The summed E-state index contributed by atoms with van der Waals surface area (Å²) >= 11 is 1.47. The molecule has 0 fully saturated rings. The van der Waals surface area contributed by atoms with E-state index in [9.17, 15) is 29.4 Å². The SMILES string of the molecule is CSCCC(NC(=O)C(CC(C)C)NC(=O)C(NC(=O)C(N)Cc1ccc(O)cc1)C(C)C)C(=O)O. The Bertz CT molecular complexity index is 878. The Morgan fingerprint density at radius 3 is 2.00 bits per heavy atom. The van der Waals surface area contributed by atoms with Gasteiger partial charge in [0, 0.05) is 0 Å². The Morgan fingerprint density at radius 1 is 0.917 bits per heavy atom. The van der Waals surface area contributed by atoms with Crippen LogP contribution < -0.4 is 21.7 Å². The number of carbonyl (C=O) groups is 4. The second kappa shape index (κ2) is 15.4. The number of phenolic OH excluding ortho intramolecular Hbond substituents is 1. The number of nitrogens with two attached hydrogens (primary N) is 1. The normalized spacial score (nSPS) is 14.6. The number of aromatic hydroxyl groups is 1. The van der Waals surface area contributed by atoms with Gasteiger partial charge in [0.2, 0.25) is 17.7 Å². The van der Waals surface area contributed by atoms with E-state index in [1.807, 2.05) is 20.1 Å². The monoisotopic (exact) mass is 524 g/mol. The summed E-state index contributed by atoms with van der Waals surface area (Å²) in [6, 6.07) is 2.43. The molecule has 11 heteroatoms. The first-order valence-corrected chi connectivity index (χ1v) is 13.4. The first kappa shape index (κ1) is 31.2. The number of nitrogens with one attached hydrogen (secondary N) is 3. The highest BCUT2D eigenvalue weighted by atomic mass is 32.2. The smallest absolute Gasteiger partial charge is 0.326 e. The number of carbonyl (C=O) groups excluding carboxylic acids is 3. The molecule has 1 aromatic carbocycles. The van der Waals surface area contributed by atoms with Gasteiger partial charge in [-0.15, -0.1) is 0 Å². The van der Waals surface area contributed by atoms with Crippen molar-refractivity contribution in [3.63, 3.8) is 0 Å². The quantitative estimate of drug-likeness (QED) is 0.199. The number of hydrogen-bond acceptors (Lipinski definition) is 7. The second-order valence-electron chi connectivity index (χ2n) is 9.58. The van der Waals surface area contributed by atoms with E-state index in [0.29, 0.717) is 12.2 Å². The van der Waals surface area contributed by atoms with E-state index in [2.05, 4.69) is 16.0 Å². The maximum absolute atomic E-state index is 13.1. The highest BCUT2D eigenvalue weighted by Gasteiger charge is 2.32. The van der Waals surface area contributed by atoms with E-state index in [1.54, 1.807) is 26.0 Å². The average molecular weight is 525 g/mol. The van der Waals surface area contributed by atoms with Gasteiger partial charge in [-0.2, -0.15) is 11.8 Å². The molecule has 1 aromatic rings. The van der Waals surface area contributed by atoms with Crippen LogP contribution in [0, 0.1) is 11.8 Å². The van der Waals surface area contributed by atoms with Gasteiger partial charge in [-0.25, -0.2) is 4.79 Å². The lowest BCUT2D eigenvalue weighted by atomic mass is 9.99. The molecule has 4 unspecified atom stereocenters. The van der Waals surface area contributed by atoms with E-state index < -0.39 is 47.9 Å². The fraction of sp³-hybridized carbons (Fsp3) is 0.600. The molecule has 0 saturated carbocycles. The lowest BCUT2D eigenvalue weighted by Gasteiger charge is -2.27. The number of hydrogen-bond donors (Lipinski definition) is 6. The van der Waals surface area contributed by atoms with Crippen molar-refractivity contribution in [1.29, 1.82) is 0 Å². The molecule has 0 radical (unpaired) electrons. The number of aliphatic carboxylic acids is 1. The molecular formula is C25H40N4O6S. The van der Waals surface area contributed by atoms with Crippen LogP contribution in [-0.4, -0.2) is 70.1 Å². The molecule has 0 bridgehead atoms. The molecule has 10 nitrogen and oxygen atoms in total. The Labute approximate surface area is 217 Å². The minimum absolute atomic E-state index is 0.0429. The molecule has 7 N–H and O–H groups in total. The summed E-state index contributed by atoms with van der Waals surface area (Å²) < 4.78 is 0. The molecule has 202 valence electrons. The largest absolute Gasteiger partial charge is 0.508 e. The van der Waals surface area contributed by atoms with Gasteiger partial charge in [-0.1, -0.05) is 39.8 Å². The van der Waals surface area contributed by atoms with Crippen molar-refractivity contribution in [2.45, 2.75) is 71.1 Å². The molecular weight excluding hydrogens is 484 g/mol. The van der Waals surface area contributed by atoms with Crippen molar-refractivity contribution in [2.24, 2.45) is 17.6 Å². The van der Waals surface area contributed by atoms with Crippen LogP contribution in [0.25, 0.3) is 0 Å². The molecule has 3 amide bonds. The summed E-state index contributed by atoms with van der Waals surface area (Å²) in [6.07, 6.45) is 2.61. The molecule has 1 rings (SSSR count). The van der Waals surface area contributed by atoms with E-state index in [4.69, 9.17) is 5.73 Å². The van der Waals surface area contributed by atoms with E-state index in [1.165, 1.54) is 23.9 Å². The Kier molecular flexibility index (Phi) is 13.3. The minimum atomic E-state index is -1.14. The molecule has 0 aliphatic carbocycles. The van der Waals surface area contributed by atoms with Crippen LogP contribution in [0.15, 0.2) is 24.3 Å². The zero-order valence-corrected chi connectivity index (χ0v) is 22.4. The van der Waals surface area contributed by atoms with Crippen molar-refractivity contribution in [1.82, 2.24) is 16.0 Å². The number of amides is 3. The number of rotatable bonds is 15. The maximum Gasteiger partial charge on any atom is 0.326 e. The Balaban J connectivity index is 2.90. The summed E-state index contributed by atoms with van der Waals surface area (Å²) in [5.74, 6) is -2.38. The highest BCUT2D eigenvalue weighted by Crippen LogP contribution is 2.12. The van der Waals surface area contributed by atoms with Gasteiger partial charge in [-0.05, 0) is 60.8 Å². The van der Waals surface area contributed by atoms with Gasteiger partial charge in [0.1, 0.15) is 23.9 Å². The van der Waals surface area contributed by atoms with E-state index in [-0.39, 0.29) is 30.4 Å². The third kappa shape index (κ3) is 10.9. The third-order valence-corrected chi connectivity index (χ3v) is 6.18. The molecule has 0 aromatic heterocycles. The van der Waals surface area contributed by atoms with Crippen molar-refractivity contribution in [3.8, 4) is 5.75 Å². The predicted octanol–water partition coefficient (Wildman–Crippen LogP) is 1.26. The summed E-state index contributed by atoms with van der Waals surface area (Å²) in [4.78, 5) is 50.3. The van der Waals surface area contributed by atoms with Gasteiger partial charge in [0.25, 0.3) is 0 Å². The molecule has 0 aliphatic rings. The predicted molar refractivity (Wildman–Crippen MR) is 141 cm³/mol. The molecule has 0 saturated heterocycles. The van der Waals surface area contributed by atoms with Crippen LogP contribution in [0.1, 0.15) is 46.1 Å². The van der Waals surface area contributed by atoms with Crippen LogP contribution in [0.4, 0.5) is 0 Å². The van der Waals surface area contributed by atoms with Crippen molar-refractivity contribution >= 4 is 35.5 Å².